The normalized spacial score (nSPS) is 18.3. The Hall–Kier alpha value is -1.04. The molecule has 2 aliphatic rings. The lowest BCUT2D eigenvalue weighted by Gasteiger charge is -2.31. The molecule has 1 spiro atoms. The maximum Gasteiger partial charge on any atom is 0.287 e. The summed E-state index contributed by atoms with van der Waals surface area (Å²) in [5.74, 6) is 3.65. The smallest absolute Gasteiger partial charge is 0.287 e. The molecule has 1 fully saturated rings. The monoisotopic (exact) mass is 393 g/mol. The van der Waals surface area contributed by atoms with E-state index >= 15 is 0 Å². The first-order valence-corrected chi connectivity index (χ1v) is 10.9. The Labute approximate surface area is 161 Å². The van der Waals surface area contributed by atoms with Gasteiger partial charge in [-0.05, 0) is 31.4 Å². The van der Waals surface area contributed by atoms with E-state index in [-0.39, 0.29) is 9.99 Å². The molecule has 1 aliphatic heterocycles. The Morgan fingerprint density at radius 2 is 2.08 bits per heavy atom. The minimum Gasteiger partial charge on any atom is -0.455 e. The average Bonchev–Trinajstić information content (AvgIpc) is 3.20. The summed E-state index contributed by atoms with van der Waals surface area (Å²) in [6, 6.07) is 7.55. The Kier molecular flexibility index (Phi) is 4.82. The SMILES string of the molecule is Cc1c(C(=O)NCc2ccccc2Cl)oc2c1C1(CCC2)SCCS1. The van der Waals surface area contributed by atoms with Crippen LogP contribution in [0.3, 0.4) is 0 Å². The highest BCUT2D eigenvalue weighted by atomic mass is 35.5. The van der Waals surface area contributed by atoms with E-state index in [0.29, 0.717) is 17.3 Å². The number of halogens is 1. The van der Waals surface area contributed by atoms with Gasteiger partial charge in [0.25, 0.3) is 5.91 Å². The average molecular weight is 394 g/mol. The van der Waals surface area contributed by atoms with Crippen molar-refractivity contribution in [3.05, 3.63) is 57.5 Å². The van der Waals surface area contributed by atoms with Crippen LogP contribution in [-0.4, -0.2) is 17.4 Å². The number of hydrogen-bond acceptors (Lipinski definition) is 4. The van der Waals surface area contributed by atoms with Crippen molar-refractivity contribution in [3.63, 3.8) is 0 Å². The number of thioether (sulfide) groups is 2. The summed E-state index contributed by atoms with van der Waals surface area (Å²) in [5, 5.41) is 3.62. The predicted molar refractivity (Wildman–Crippen MR) is 106 cm³/mol. The quantitative estimate of drug-likeness (QED) is 0.783. The van der Waals surface area contributed by atoms with Crippen LogP contribution in [0.5, 0.6) is 0 Å². The number of hydrogen-bond donors (Lipinski definition) is 1. The van der Waals surface area contributed by atoms with Crippen molar-refractivity contribution < 1.29 is 9.21 Å². The first-order valence-electron chi connectivity index (χ1n) is 8.53. The first-order chi connectivity index (χ1) is 12.1. The lowest BCUT2D eigenvalue weighted by atomic mass is 9.94. The fraction of sp³-hybridized carbons (Fsp3) is 0.421. The van der Waals surface area contributed by atoms with E-state index in [2.05, 4.69) is 5.32 Å². The minimum absolute atomic E-state index is 0.0996. The van der Waals surface area contributed by atoms with Crippen molar-refractivity contribution in [2.75, 3.05) is 11.5 Å². The molecule has 0 bridgehead atoms. The Morgan fingerprint density at radius 1 is 1.32 bits per heavy atom. The predicted octanol–water partition coefficient (Wildman–Crippen LogP) is 5.14. The van der Waals surface area contributed by atoms with Crippen molar-refractivity contribution in [2.24, 2.45) is 0 Å². The van der Waals surface area contributed by atoms with Crippen LogP contribution in [0.25, 0.3) is 0 Å². The molecule has 1 aromatic carbocycles. The van der Waals surface area contributed by atoms with Gasteiger partial charge in [0.1, 0.15) is 5.76 Å². The molecule has 0 unspecified atom stereocenters. The zero-order valence-corrected chi connectivity index (χ0v) is 16.5. The number of amides is 1. The molecular weight excluding hydrogens is 374 g/mol. The summed E-state index contributed by atoms with van der Waals surface area (Å²) in [4.78, 5) is 12.7. The van der Waals surface area contributed by atoms with E-state index in [4.69, 9.17) is 16.0 Å². The summed E-state index contributed by atoms with van der Waals surface area (Å²) >= 11 is 10.2. The van der Waals surface area contributed by atoms with Crippen molar-refractivity contribution in [1.82, 2.24) is 5.32 Å². The number of carbonyl (C=O) groups is 1. The van der Waals surface area contributed by atoms with E-state index in [1.165, 1.54) is 17.1 Å². The molecule has 0 atom stereocenters. The summed E-state index contributed by atoms with van der Waals surface area (Å²) in [6.45, 7) is 2.43. The van der Waals surface area contributed by atoms with Gasteiger partial charge in [0.05, 0.1) is 4.08 Å². The van der Waals surface area contributed by atoms with Crippen molar-refractivity contribution in [2.45, 2.75) is 36.8 Å². The lowest BCUT2D eigenvalue weighted by Crippen LogP contribution is -2.24. The molecule has 6 heteroatoms. The fourth-order valence-corrected chi connectivity index (χ4v) is 7.47. The van der Waals surface area contributed by atoms with Gasteiger partial charge < -0.3 is 9.73 Å². The molecule has 4 rings (SSSR count). The van der Waals surface area contributed by atoms with Gasteiger partial charge >= 0.3 is 0 Å². The zero-order valence-electron chi connectivity index (χ0n) is 14.1. The lowest BCUT2D eigenvalue weighted by molar-refractivity contribution is 0.0920. The standard InChI is InChI=1S/C19H20ClNO2S2/c1-12-16-15(7-4-8-19(16)24-9-10-25-19)23-17(12)18(22)21-11-13-5-2-3-6-14(13)20/h2-3,5-6H,4,7-11H2,1H3,(H,21,22). The maximum absolute atomic E-state index is 12.7. The van der Waals surface area contributed by atoms with E-state index in [1.54, 1.807) is 0 Å². The van der Waals surface area contributed by atoms with Crippen molar-refractivity contribution in [3.8, 4) is 0 Å². The number of rotatable bonds is 3. The van der Waals surface area contributed by atoms with Crippen LogP contribution in [0.2, 0.25) is 5.02 Å². The maximum atomic E-state index is 12.7. The molecule has 132 valence electrons. The third kappa shape index (κ3) is 3.11. The van der Waals surface area contributed by atoms with Gasteiger partial charge in [-0.25, -0.2) is 0 Å². The molecule has 2 aromatic rings. The van der Waals surface area contributed by atoms with E-state index in [9.17, 15) is 4.79 Å². The summed E-state index contributed by atoms with van der Waals surface area (Å²) < 4.78 is 6.13. The molecular formula is C19H20ClNO2S2. The second kappa shape index (κ2) is 6.93. The van der Waals surface area contributed by atoms with E-state index in [0.717, 1.165) is 36.1 Å². The Bertz CT molecular complexity index is 812. The van der Waals surface area contributed by atoms with Crippen LogP contribution in [-0.2, 0) is 17.0 Å². The second-order valence-electron chi connectivity index (χ2n) is 6.43. The second-order valence-corrected chi connectivity index (χ2v) is 9.89. The molecule has 1 amide bonds. The van der Waals surface area contributed by atoms with Crippen LogP contribution in [0.1, 0.15) is 45.8 Å². The summed E-state index contributed by atoms with van der Waals surface area (Å²) in [6.07, 6.45) is 3.22. The Balaban J connectivity index is 1.58. The third-order valence-electron chi connectivity index (χ3n) is 4.87. The fourth-order valence-electron chi connectivity index (χ4n) is 3.71. The first kappa shape index (κ1) is 17.4. The molecule has 1 aromatic heterocycles. The molecule has 1 aliphatic carbocycles. The largest absolute Gasteiger partial charge is 0.455 e. The number of benzene rings is 1. The van der Waals surface area contributed by atoms with Crippen molar-refractivity contribution >= 4 is 41.0 Å². The molecule has 1 N–H and O–H groups in total. The molecule has 2 heterocycles. The summed E-state index contributed by atoms with van der Waals surface area (Å²) in [7, 11) is 0. The van der Waals surface area contributed by atoms with Gasteiger partial charge in [-0.15, -0.1) is 23.5 Å². The highest BCUT2D eigenvalue weighted by Crippen LogP contribution is 2.59. The van der Waals surface area contributed by atoms with Gasteiger partial charge in [-0.1, -0.05) is 29.8 Å². The van der Waals surface area contributed by atoms with Crippen LogP contribution in [0.15, 0.2) is 28.7 Å². The number of carbonyl (C=O) groups excluding carboxylic acids is 1. The Morgan fingerprint density at radius 3 is 2.84 bits per heavy atom. The van der Waals surface area contributed by atoms with Crippen LogP contribution in [0, 0.1) is 6.92 Å². The highest BCUT2D eigenvalue weighted by Gasteiger charge is 2.45. The molecule has 0 radical (unpaired) electrons. The van der Waals surface area contributed by atoms with Gasteiger partial charge in [-0.3, -0.25) is 4.79 Å². The van der Waals surface area contributed by atoms with Crippen LogP contribution >= 0.6 is 35.1 Å². The minimum atomic E-state index is -0.157. The van der Waals surface area contributed by atoms with E-state index < -0.39 is 0 Å². The van der Waals surface area contributed by atoms with Gasteiger partial charge in [0, 0.05) is 40.6 Å². The van der Waals surface area contributed by atoms with E-state index in [1.807, 2.05) is 54.7 Å². The summed E-state index contributed by atoms with van der Waals surface area (Å²) in [5.41, 5.74) is 3.19. The van der Waals surface area contributed by atoms with Crippen LogP contribution < -0.4 is 5.32 Å². The zero-order chi connectivity index (χ0) is 17.4. The molecule has 25 heavy (non-hydrogen) atoms. The number of fused-ring (bicyclic) bond motifs is 2. The van der Waals surface area contributed by atoms with Crippen molar-refractivity contribution in [1.29, 1.82) is 0 Å². The topological polar surface area (TPSA) is 42.2 Å². The number of aryl methyl sites for hydroxylation is 1. The molecule has 0 saturated carbocycles. The van der Waals surface area contributed by atoms with Gasteiger partial charge in [0.15, 0.2) is 5.76 Å². The highest BCUT2D eigenvalue weighted by molar-refractivity contribution is 8.20. The third-order valence-corrected chi connectivity index (χ3v) is 8.77. The number of furan rings is 1. The number of nitrogens with one attached hydrogen (secondary N) is 1. The molecule has 1 saturated heterocycles. The van der Waals surface area contributed by atoms with Gasteiger partial charge in [0.2, 0.25) is 0 Å². The van der Waals surface area contributed by atoms with Crippen LogP contribution in [0.4, 0.5) is 0 Å². The van der Waals surface area contributed by atoms with Gasteiger partial charge in [-0.2, -0.15) is 0 Å². The molecule has 3 nitrogen and oxygen atoms in total.